The predicted octanol–water partition coefficient (Wildman–Crippen LogP) is 3.11. The van der Waals surface area contributed by atoms with Gasteiger partial charge in [-0.05, 0) is 37.2 Å². The summed E-state index contributed by atoms with van der Waals surface area (Å²) in [5.41, 5.74) is 1.74. The number of hydrogen-bond acceptors (Lipinski definition) is 7. The van der Waals surface area contributed by atoms with Gasteiger partial charge in [0.2, 0.25) is 5.91 Å². The van der Waals surface area contributed by atoms with Crippen molar-refractivity contribution in [3.05, 3.63) is 52.9 Å². The normalized spacial score (nSPS) is 14.8. The van der Waals surface area contributed by atoms with Crippen molar-refractivity contribution < 1.29 is 9.21 Å². The molecule has 1 aliphatic rings. The lowest BCUT2D eigenvalue weighted by molar-refractivity contribution is -0.120. The van der Waals surface area contributed by atoms with Gasteiger partial charge in [0, 0.05) is 44.3 Å². The maximum Gasteiger partial charge on any atom is 0.226 e. The minimum absolute atomic E-state index is 0.0535. The number of pyridine rings is 1. The molecule has 30 heavy (non-hydrogen) atoms. The molecule has 0 atom stereocenters. The average molecular weight is 426 g/mol. The van der Waals surface area contributed by atoms with Crippen LogP contribution >= 0.6 is 11.3 Å². The number of aromatic nitrogens is 2. The summed E-state index contributed by atoms with van der Waals surface area (Å²) in [5.74, 6) is 2.54. The van der Waals surface area contributed by atoms with Crippen molar-refractivity contribution in [2.24, 2.45) is 0 Å². The van der Waals surface area contributed by atoms with Crippen molar-refractivity contribution >= 4 is 23.1 Å². The molecule has 0 radical (unpaired) electrons. The number of nitrogens with zero attached hydrogens (tertiary/aromatic N) is 4. The third kappa shape index (κ3) is 5.06. The number of aryl methyl sites for hydroxylation is 1. The Morgan fingerprint density at radius 1 is 1.20 bits per heavy atom. The van der Waals surface area contributed by atoms with E-state index in [2.05, 4.69) is 32.0 Å². The number of nitrogens with one attached hydrogen (secondary N) is 1. The molecule has 1 amide bonds. The van der Waals surface area contributed by atoms with Crippen molar-refractivity contribution in [2.75, 3.05) is 37.6 Å². The van der Waals surface area contributed by atoms with E-state index in [1.165, 1.54) is 11.3 Å². The molecule has 0 aliphatic carbocycles. The van der Waals surface area contributed by atoms with Gasteiger partial charge < -0.3 is 19.5 Å². The molecular formula is C22H27N5O2S. The molecule has 158 valence electrons. The summed E-state index contributed by atoms with van der Waals surface area (Å²) in [7, 11) is 0. The molecule has 3 aromatic rings. The van der Waals surface area contributed by atoms with E-state index in [1.807, 2.05) is 42.8 Å². The number of carbonyl (C=O) groups is 1. The van der Waals surface area contributed by atoms with Crippen LogP contribution in [0.15, 0.2) is 40.3 Å². The Morgan fingerprint density at radius 2 is 2.03 bits per heavy atom. The van der Waals surface area contributed by atoms with E-state index in [-0.39, 0.29) is 12.3 Å². The Kier molecular flexibility index (Phi) is 6.44. The molecule has 8 heteroatoms. The van der Waals surface area contributed by atoms with Gasteiger partial charge in [0.15, 0.2) is 10.8 Å². The number of furan rings is 1. The lowest BCUT2D eigenvalue weighted by atomic mass is 10.2. The Morgan fingerprint density at radius 3 is 2.70 bits per heavy atom. The lowest BCUT2D eigenvalue weighted by Gasteiger charge is -2.34. The van der Waals surface area contributed by atoms with Crippen LogP contribution in [0.25, 0.3) is 10.8 Å². The zero-order valence-corrected chi connectivity index (χ0v) is 18.2. The van der Waals surface area contributed by atoms with E-state index in [0.717, 1.165) is 66.3 Å². The van der Waals surface area contributed by atoms with Crippen LogP contribution in [0.4, 0.5) is 5.82 Å². The third-order valence-electron chi connectivity index (χ3n) is 5.29. The molecule has 1 fully saturated rings. The second-order valence-electron chi connectivity index (χ2n) is 7.45. The zero-order valence-electron chi connectivity index (χ0n) is 17.4. The van der Waals surface area contributed by atoms with Crippen molar-refractivity contribution in [3.8, 4) is 10.8 Å². The van der Waals surface area contributed by atoms with Gasteiger partial charge >= 0.3 is 0 Å². The first-order chi connectivity index (χ1) is 14.6. The first kappa shape index (κ1) is 20.6. The van der Waals surface area contributed by atoms with Crippen molar-refractivity contribution in [2.45, 2.75) is 26.8 Å². The monoisotopic (exact) mass is 425 g/mol. The maximum absolute atomic E-state index is 12.3. The molecule has 7 nitrogen and oxygen atoms in total. The van der Waals surface area contributed by atoms with Gasteiger partial charge in [0.05, 0.1) is 12.1 Å². The van der Waals surface area contributed by atoms with Crippen LogP contribution < -0.4 is 10.2 Å². The van der Waals surface area contributed by atoms with Crippen LogP contribution in [0.5, 0.6) is 0 Å². The van der Waals surface area contributed by atoms with Crippen LogP contribution in [0, 0.1) is 6.92 Å². The number of likely N-dealkylation sites (N-methyl/N-ethyl adjacent to an activating group) is 1. The lowest BCUT2D eigenvalue weighted by Crippen LogP contribution is -2.46. The Balaban J connectivity index is 1.25. The summed E-state index contributed by atoms with van der Waals surface area (Å²) >= 11 is 1.49. The first-order valence-corrected chi connectivity index (χ1v) is 11.2. The number of carbonyl (C=O) groups excluding carboxylic acids is 1. The molecule has 1 N–H and O–H groups in total. The van der Waals surface area contributed by atoms with Gasteiger partial charge in [0.25, 0.3) is 0 Å². The number of anilines is 1. The topological polar surface area (TPSA) is 74.5 Å². The molecular weight excluding hydrogens is 398 g/mol. The zero-order chi connectivity index (χ0) is 20.9. The van der Waals surface area contributed by atoms with E-state index in [9.17, 15) is 4.79 Å². The van der Waals surface area contributed by atoms with Crippen LogP contribution in [0.2, 0.25) is 0 Å². The number of hydrogen-bond donors (Lipinski definition) is 1. The maximum atomic E-state index is 12.3. The fourth-order valence-electron chi connectivity index (χ4n) is 3.48. The van der Waals surface area contributed by atoms with E-state index < -0.39 is 0 Å². The minimum atomic E-state index is -0.0535. The molecule has 3 aromatic heterocycles. The molecule has 0 aromatic carbocycles. The largest absolute Gasteiger partial charge is 0.459 e. The van der Waals surface area contributed by atoms with Crippen LogP contribution in [0.1, 0.15) is 23.9 Å². The quantitative estimate of drug-likeness (QED) is 0.627. The average Bonchev–Trinajstić information content (AvgIpc) is 3.41. The van der Waals surface area contributed by atoms with Crippen molar-refractivity contribution in [1.29, 1.82) is 0 Å². The summed E-state index contributed by atoms with van der Waals surface area (Å²) in [6.07, 6.45) is 2.10. The summed E-state index contributed by atoms with van der Waals surface area (Å²) in [6, 6.07) is 7.89. The molecule has 4 heterocycles. The highest BCUT2D eigenvalue weighted by molar-refractivity contribution is 7.13. The SMILES string of the molecule is CCN1CCN(c2ccc(CNC(=O)Cc3csc(-c4ccc(C)o4)n3)cn2)CC1. The van der Waals surface area contributed by atoms with E-state index >= 15 is 0 Å². The standard InChI is InChI=1S/C22H27N5O2S/c1-3-26-8-10-27(11-9-26)20-7-5-17(13-23-20)14-24-21(28)12-18-15-30-22(25-18)19-6-4-16(2)29-19/h4-7,13,15H,3,8-12,14H2,1-2H3,(H,24,28). The minimum Gasteiger partial charge on any atom is -0.459 e. The smallest absolute Gasteiger partial charge is 0.226 e. The summed E-state index contributed by atoms with van der Waals surface area (Å²) in [4.78, 5) is 26.2. The Hall–Kier alpha value is -2.71. The van der Waals surface area contributed by atoms with Gasteiger partial charge in [0.1, 0.15) is 11.6 Å². The summed E-state index contributed by atoms with van der Waals surface area (Å²) in [5, 5.41) is 5.66. The summed E-state index contributed by atoms with van der Waals surface area (Å²) < 4.78 is 5.59. The predicted molar refractivity (Wildman–Crippen MR) is 119 cm³/mol. The first-order valence-electron chi connectivity index (χ1n) is 10.3. The van der Waals surface area contributed by atoms with Gasteiger partial charge in [-0.3, -0.25) is 4.79 Å². The second kappa shape index (κ2) is 9.40. The van der Waals surface area contributed by atoms with Gasteiger partial charge in [-0.25, -0.2) is 9.97 Å². The van der Waals surface area contributed by atoms with Gasteiger partial charge in [-0.1, -0.05) is 13.0 Å². The molecule has 1 saturated heterocycles. The molecule has 0 spiro atoms. The Bertz CT molecular complexity index is 974. The number of amides is 1. The third-order valence-corrected chi connectivity index (χ3v) is 6.19. The van der Waals surface area contributed by atoms with Crippen molar-refractivity contribution in [3.63, 3.8) is 0 Å². The molecule has 0 unspecified atom stereocenters. The van der Waals surface area contributed by atoms with E-state index in [4.69, 9.17) is 4.42 Å². The van der Waals surface area contributed by atoms with Crippen molar-refractivity contribution in [1.82, 2.24) is 20.2 Å². The molecule has 4 rings (SSSR count). The fraction of sp³-hybridized carbons (Fsp3) is 0.409. The van der Waals surface area contributed by atoms with Crippen LogP contribution in [-0.4, -0.2) is 53.5 Å². The number of piperazine rings is 1. The van der Waals surface area contributed by atoms with Gasteiger partial charge in [-0.15, -0.1) is 11.3 Å². The number of thiazole rings is 1. The Labute approximate surface area is 180 Å². The van der Waals surface area contributed by atoms with Crippen LogP contribution in [0.3, 0.4) is 0 Å². The van der Waals surface area contributed by atoms with Gasteiger partial charge in [-0.2, -0.15) is 0 Å². The van der Waals surface area contributed by atoms with E-state index in [1.54, 1.807) is 0 Å². The number of rotatable bonds is 7. The second-order valence-corrected chi connectivity index (χ2v) is 8.31. The highest BCUT2D eigenvalue weighted by Gasteiger charge is 2.16. The molecule has 0 bridgehead atoms. The molecule has 1 aliphatic heterocycles. The van der Waals surface area contributed by atoms with E-state index in [0.29, 0.717) is 6.54 Å². The highest BCUT2D eigenvalue weighted by atomic mass is 32.1. The van der Waals surface area contributed by atoms with Crippen LogP contribution in [-0.2, 0) is 17.8 Å². The highest BCUT2D eigenvalue weighted by Crippen LogP contribution is 2.25. The summed E-state index contributed by atoms with van der Waals surface area (Å²) in [6.45, 7) is 9.83. The molecule has 0 saturated carbocycles. The fourth-order valence-corrected chi connectivity index (χ4v) is 4.26.